The molecular formula is C15H23NO4. The summed E-state index contributed by atoms with van der Waals surface area (Å²) >= 11 is 0. The van der Waals surface area contributed by atoms with Gasteiger partial charge in [0, 0.05) is 6.54 Å². The van der Waals surface area contributed by atoms with Gasteiger partial charge in [0.15, 0.2) is 0 Å². The lowest BCUT2D eigenvalue weighted by molar-refractivity contribution is 0.00891. The summed E-state index contributed by atoms with van der Waals surface area (Å²) in [6.45, 7) is 0.481. The molecule has 1 saturated heterocycles. The molecule has 1 fully saturated rings. The molecule has 0 aromatic heterocycles. The number of aliphatic hydroxyl groups is 2. The molecule has 2 atom stereocenters. The molecule has 2 rings (SSSR count). The number of likely N-dealkylation sites (tertiary alicyclic amines) is 1. The van der Waals surface area contributed by atoms with Crippen molar-refractivity contribution in [2.75, 3.05) is 13.2 Å². The second kappa shape index (κ2) is 7.87. The van der Waals surface area contributed by atoms with Crippen molar-refractivity contribution in [3.05, 3.63) is 35.9 Å². The van der Waals surface area contributed by atoms with Gasteiger partial charge < -0.3 is 19.8 Å². The Morgan fingerprint density at radius 1 is 1.35 bits per heavy atom. The van der Waals surface area contributed by atoms with Crippen LogP contribution in [0.2, 0.25) is 0 Å². The fraction of sp³-hybridized carbons (Fsp3) is 0.533. The predicted molar refractivity (Wildman–Crippen MR) is 76.2 cm³/mol. The molecular weight excluding hydrogens is 258 g/mol. The highest BCUT2D eigenvalue weighted by atomic mass is 16.6. The largest absolute Gasteiger partial charge is 0.445 e. The Bertz CT molecular complexity index is 410. The predicted octanol–water partition coefficient (Wildman–Crippen LogP) is 1.78. The molecule has 0 bridgehead atoms. The van der Waals surface area contributed by atoms with E-state index >= 15 is 0 Å². The topological polar surface area (TPSA) is 70.0 Å². The average molecular weight is 281 g/mol. The van der Waals surface area contributed by atoms with Crippen LogP contribution in [-0.2, 0) is 11.3 Å². The van der Waals surface area contributed by atoms with Gasteiger partial charge in [0.2, 0.25) is 0 Å². The number of hydrogen-bond acceptors (Lipinski definition) is 4. The summed E-state index contributed by atoms with van der Waals surface area (Å²) in [5, 5.41) is 18.8. The molecule has 5 heteroatoms. The summed E-state index contributed by atoms with van der Waals surface area (Å²) in [5.74, 6) is 0. The molecule has 5 nitrogen and oxygen atoms in total. The van der Waals surface area contributed by atoms with Crippen LogP contribution in [0, 0.1) is 0 Å². The van der Waals surface area contributed by atoms with E-state index in [9.17, 15) is 15.0 Å². The van der Waals surface area contributed by atoms with Crippen molar-refractivity contribution in [3.63, 3.8) is 0 Å². The van der Waals surface area contributed by atoms with E-state index in [-0.39, 0.29) is 26.7 Å². The highest BCUT2D eigenvalue weighted by Crippen LogP contribution is 2.18. The maximum atomic E-state index is 12.0. The maximum Gasteiger partial charge on any atom is 0.410 e. The number of carbonyl (C=O) groups excluding carboxylic acids is 1. The summed E-state index contributed by atoms with van der Waals surface area (Å²) in [7, 11) is 0. The number of ether oxygens (including phenoxy) is 1. The van der Waals surface area contributed by atoms with Crippen molar-refractivity contribution in [1.82, 2.24) is 4.90 Å². The lowest BCUT2D eigenvalue weighted by Crippen LogP contribution is -2.49. The van der Waals surface area contributed by atoms with Gasteiger partial charge in [-0.1, -0.05) is 37.8 Å². The standard InChI is InChI=1S/C14H19NO4.CH4/c16-9-12-8-13(17)6-7-15(12)14(18)19-10-11-4-2-1-3-5-11;/h1-5,12-13,16-17H,6-10H2;1H4. The lowest BCUT2D eigenvalue weighted by atomic mass is 10.0. The zero-order valence-corrected chi connectivity index (χ0v) is 10.7. The van der Waals surface area contributed by atoms with E-state index in [0.29, 0.717) is 19.4 Å². The minimum atomic E-state index is -0.449. The van der Waals surface area contributed by atoms with E-state index < -0.39 is 12.2 Å². The monoisotopic (exact) mass is 281 g/mol. The molecule has 0 spiro atoms. The van der Waals surface area contributed by atoms with Crippen LogP contribution < -0.4 is 0 Å². The smallest absolute Gasteiger partial charge is 0.410 e. The summed E-state index contributed by atoms with van der Waals surface area (Å²) in [6.07, 6.45) is 0.0403. The number of aliphatic hydroxyl groups excluding tert-OH is 2. The first-order valence-electron chi connectivity index (χ1n) is 6.47. The molecule has 0 saturated carbocycles. The minimum absolute atomic E-state index is 0. The van der Waals surface area contributed by atoms with Gasteiger partial charge in [0.1, 0.15) is 6.61 Å². The third-order valence-electron chi connectivity index (χ3n) is 3.34. The second-order valence-electron chi connectivity index (χ2n) is 4.75. The van der Waals surface area contributed by atoms with Gasteiger partial charge in [-0.05, 0) is 18.4 Å². The number of hydrogen-bond donors (Lipinski definition) is 2. The van der Waals surface area contributed by atoms with Crippen LogP contribution in [0.4, 0.5) is 4.79 Å². The van der Waals surface area contributed by atoms with Crippen molar-refractivity contribution in [1.29, 1.82) is 0 Å². The Morgan fingerprint density at radius 3 is 2.70 bits per heavy atom. The van der Waals surface area contributed by atoms with Crippen LogP contribution in [0.1, 0.15) is 25.8 Å². The molecule has 1 aliphatic heterocycles. The summed E-state index contributed by atoms with van der Waals surface area (Å²) < 4.78 is 5.23. The zero-order chi connectivity index (χ0) is 13.7. The van der Waals surface area contributed by atoms with Crippen LogP contribution in [0.3, 0.4) is 0 Å². The molecule has 20 heavy (non-hydrogen) atoms. The lowest BCUT2D eigenvalue weighted by Gasteiger charge is -2.35. The molecule has 1 aromatic rings. The molecule has 1 aliphatic rings. The van der Waals surface area contributed by atoms with E-state index in [4.69, 9.17) is 4.74 Å². The summed E-state index contributed by atoms with van der Waals surface area (Å²) in [6, 6.07) is 9.09. The van der Waals surface area contributed by atoms with Crippen LogP contribution in [0.15, 0.2) is 30.3 Å². The Kier molecular flexibility index (Phi) is 6.48. The highest BCUT2D eigenvalue weighted by Gasteiger charge is 2.31. The third-order valence-corrected chi connectivity index (χ3v) is 3.34. The third kappa shape index (κ3) is 4.21. The number of piperidine rings is 1. The Labute approximate surface area is 119 Å². The fourth-order valence-corrected chi connectivity index (χ4v) is 2.25. The highest BCUT2D eigenvalue weighted by molar-refractivity contribution is 5.68. The second-order valence-corrected chi connectivity index (χ2v) is 4.75. The molecule has 1 amide bonds. The van der Waals surface area contributed by atoms with Crippen molar-refractivity contribution in [2.45, 2.75) is 39.0 Å². The van der Waals surface area contributed by atoms with Crippen LogP contribution in [0.25, 0.3) is 0 Å². The fourth-order valence-electron chi connectivity index (χ4n) is 2.25. The van der Waals surface area contributed by atoms with Gasteiger partial charge in [0.25, 0.3) is 0 Å². The average Bonchev–Trinajstić information content (AvgIpc) is 2.45. The number of rotatable bonds is 3. The molecule has 1 heterocycles. The molecule has 2 unspecified atom stereocenters. The number of nitrogens with zero attached hydrogens (tertiary/aromatic N) is 1. The van der Waals surface area contributed by atoms with Crippen molar-refractivity contribution in [3.8, 4) is 0 Å². The SMILES string of the molecule is C.O=C(OCc1ccccc1)N1CCC(O)CC1CO. The van der Waals surface area contributed by atoms with E-state index in [2.05, 4.69) is 0 Å². The van der Waals surface area contributed by atoms with Crippen LogP contribution in [0.5, 0.6) is 0 Å². The summed E-state index contributed by atoms with van der Waals surface area (Å²) in [5.41, 5.74) is 0.924. The Balaban J connectivity index is 0.00000200. The number of carbonyl (C=O) groups is 1. The van der Waals surface area contributed by atoms with Gasteiger partial charge in [-0.3, -0.25) is 0 Å². The zero-order valence-electron chi connectivity index (χ0n) is 10.7. The van der Waals surface area contributed by atoms with E-state index in [0.717, 1.165) is 5.56 Å². The molecule has 1 aromatic carbocycles. The Hall–Kier alpha value is -1.59. The van der Waals surface area contributed by atoms with E-state index in [1.807, 2.05) is 30.3 Å². The first kappa shape index (κ1) is 16.5. The number of benzene rings is 1. The Morgan fingerprint density at radius 2 is 2.05 bits per heavy atom. The number of amides is 1. The molecule has 0 aliphatic carbocycles. The molecule has 2 N–H and O–H groups in total. The van der Waals surface area contributed by atoms with Gasteiger partial charge in [-0.25, -0.2) is 4.79 Å². The first-order valence-corrected chi connectivity index (χ1v) is 6.47. The minimum Gasteiger partial charge on any atom is -0.445 e. The van der Waals surface area contributed by atoms with Crippen molar-refractivity contribution < 1.29 is 19.7 Å². The van der Waals surface area contributed by atoms with Gasteiger partial charge in [0.05, 0.1) is 18.8 Å². The van der Waals surface area contributed by atoms with Gasteiger partial charge >= 0.3 is 6.09 Å². The van der Waals surface area contributed by atoms with Gasteiger partial charge in [-0.15, -0.1) is 0 Å². The molecule has 112 valence electrons. The van der Waals surface area contributed by atoms with E-state index in [1.165, 1.54) is 4.90 Å². The molecule has 0 radical (unpaired) electrons. The first-order chi connectivity index (χ1) is 9.20. The summed E-state index contributed by atoms with van der Waals surface area (Å²) in [4.78, 5) is 13.5. The maximum absolute atomic E-state index is 12.0. The van der Waals surface area contributed by atoms with Crippen LogP contribution >= 0.6 is 0 Å². The van der Waals surface area contributed by atoms with E-state index in [1.54, 1.807) is 0 Å². The van der Waals surface area contributed by atoms with Crippen LogP contribution in [-0.4, -0.2) is 46.5 Å². The van der Waals surface area contributed by atoms with Crippen molar-refractivity contribution >= 4 is 6.09 Å². The van der Waals surface area contributed by atoms with Gasteiger partial charge in [-0.2, -0.15) is 0 Å². The van der Waals surface area contributed by atoms with Crippen molar-refractivity contribution in [2.24, 2.45) is 0 Å². The normalized spacial score (nSPS) is 22.0. The quantitative estimate of drug-likeness (QED) is 0.886.